The van der Waals surface area contributed by atoms with Crippen LogP contribution in [-0.4, -0.2) is 23.2 Å². The molecule has 0 aliphatic carbocycles. The summed E-state index contributed by atoms with van der Waals surface area (Å²) in [5, 5.41) is 9.01. The van der Waals surface area contributed by atoms with Crippen LogP contribution in [0.4, 0.5) is 5.82 Å². The zero-order valence-corrected chi connectivity index (χ0v) is 9.40. The molecule has 1 aromatic rings. The van der Waals surface area contributed by atoms with Gasteiger partial charge in [-0.25, -0.2) is 4.98 Å². The Morgan fingerprint density at radius 3 is 2.93 bits per heavy atom. The van der Waals surface area contributed by atoms with E-state index in [0.717, 1.165) is 36.0 Å². The van der Waals surface area contributed by atoms with E-state index in [2.05, 4.69) is 23.7 Å². The third-order valence-corrected chi connectivity index (χ3v) is 3.01. The Morgan fingerprint density at radius 2 is 2.40 bits per heavy atom. The Kier molecular flexibility index (Phi) is 2.91. The molecule has 3 nitrogen and oxygen atoms in total. The minimum absolute atomic E-state index is 0.0739. The molecule has 0 amide bonds. The lowest BCUT2D eigenvalue weighted by Gasteiger charge is -2.19. The third kappa shape index (κ3) is 2.12. The lowest BCUT2D eigenvalue weighted by atomic mass is 10.2. The number of anilines is 1. The summed E-state index contributed by atoms with van der Waals surface area (Å²) >= 11 is 0. The van der Waals surface area contributed by atoms with E-state index < -0.39 is 0 Å². The van der Waals surface area contributed by atoms with Crippen molar-refractivity contribution in [2.75, 3.05) is 18.0 Å². The summed E-state index contributed by atoms with van der Waals surface area (Å²) in [6.45, 7) is 6.62. The normalized spacial score (nSPS) is 21.0. The highest BCUT2D eigenvalue weighted by molar-refractivity contribution is 5.48. The van der Waals surface area contributed by atoms with E-state index in [1.165, 1.54) is 6.42 Å². The van der Waals surface area contributed by atoms with Crippen molar-refractivity contribution in [1.29, 1.82) is 0 Å². The smallest absolute Gasteiger partial charge is 0.131 e. The average Bonchev–Trinajstić information content (AvgIpc) is 2.64. The van der Waals surface area contributed by atoms with Gasteiger partial charge in [-0.1, -0.05) is 6.92 Å². The van der Waals surface area contributed by atoms with Crippen LogP contribution in [-0.2, 0) is 6.61 Å². The maximum Gasteiger partial charge on any atom is 0.131 e. The van der Waals surface area contributed by atoms with Crippen molar-refractivity contribution in [3.05, 3.63) is 23.4 Å². The Morgan fingerprint density at radius 1 is 1.60 bits per heavy atom. The molecule has 3 heteroatoms. The van der Waals surface area contributed by atoms with Crippen LogP contribution >= 0.6 is 0 Å². The Hall–Kier alpha value is -1.09. The highest BCUT2D eigenvalue weighted by Gasteiger charge is 2.20. The molecule has 1 N–H and O–H groups in total. The number of rotatable bonds is 2. The number of aryl methyl sites for hydroxylation is 1. The van der Waals surface area contributed by atoms with Gasteiger partial charge < -0.3 is 10.0 Å². The molecule has 1 aromatic heterocycles. The van der Waals surface area contributed by atoms with Crippen molar-refractivity contribution in [2.45, 2.75) is 26.9 Å². The maximum absolute atomic E-state index is 9.01. The molecule has 1 aliphatic heterocycles. The van der Waals surface area contributed by atoms with Crippen LogP contribution in [0.25, 0.3) is 0 Å². The Balaban J connectivity index is 2.21. The predicted molar refractivity (Wildman–Crippen MR) is 60.9 cm³/mol. The number of aliphatic hydroxyl groups excluding tert-OH is 1. The highest BCUT2D eigenvalue weighted by Crippen LogP contribution is 2.24. The average molecular weight is 206 g/mol. The molecule has 15 heavy (non-hydrogen) atoms. The van der Waals surface area contributed by atoms with Gasteiger partial charge in [0.15, 0.2) is 0 Å². The summed E-state index contributed by atoms with van der Waals surface area (Å²) < 4.78 is 0. The zero-order chi connectivity index (χ0) is 10.8. The molecular formula is C12H18N2O. The number of aromatic nitrogens is 1. The first-order valence-electron chi connectivity index (χ1n) is 5.52. The molecule has 1 saturated heterocycles. The van der Waals surface area contributed by atoms with E-state index in [0.29, 0.717) is 0 Å². The largest absolute Gasteiger partial charge is 0.392 e. The van der Waals surface area contributed by atoms with Crippen molar-refractivity contribution in [1.82, 2.24) is 4.98 Å². The molecule has 1 unspecified atom stereocenters. The molecule has 1 fully saturated rings. The van der Waals surface area contributed by atoms with Crippen molar-refractivity contribution >= 4 is 5.82 Å². The Bertz CT molecular complexity index is 351. The van der Waals surface area contributed by atoms with Crippen LogP contribution in [0.5, 0.6) is 0 Å². The third-order valence-electron chi connectivity index (χ3n) is 3.01. The monoisotopic (exact) mass is 206 g/mol. The van der Waals surface area contributed by atoms with Crippen LogP contribution in [0, 0.1) is 12.8 Å². The number of pyridine rings is 1. The maximum atomic E-state index is 9.01. The van der Waals surface area contributed by atoms with Crippen LogP contribution in [0.3, 0.4) is 0 Å². The van der Waals surface area contributed by atoms with Crippen molar-refractivity contribution < 1.29 is 5.11 Å². The van der Waals surface area contributed by atoms with Crippen LogP contribution in [0.15, 0.2) is 12.3 Å². The molecule has 1 aliphatic rings. The van der Waals surface area contributed by atoms with Crippen LogP contribution in [0.2, 0.25) is 0 Å². The van der Waals surface area contributed by atoms with Crippen molar-refractivity contribution in [3.63, 3.8) is 0 Å². The SMILES string of the molecule is Cc1cc(CO)cnc1N1CCC(C)C1. The van der Waals surface area contributed by atoms with Gasteiger partial charge in [0.1, 0.15) is 5.82 Å². The first-order valence-corrected chi connectivity index (χ1v) is 5.52. The molecule has 2 rings (SSSR count). The Labute approximate surface area is 90.8 Å². The van der Waals surface area contributed by atoms with E-state index in [4.69, 9.17) is 5.11 Å². The number of nitrogens with zero attached hydrogens (tertiary/aromatic N) is 2. The summed E-state index contributed by atoms with van der Waals surface area (Å²) in [6.07, 6.45) is 3.02. The van der Waals surface area contributed by atoms with Gasteiger partial charge in [-0.05, 0) is 36.5 Å². The molecule has 0 aromatic carbocycles. The molecule has 82 valence electrons. The number of hydrogen-bond donors (Lipinski definition) is 1. The van der Waals surface area contributed by atoms with Crippen molar-refractivity contribution in [3.8, 4) is 0 Å². The quantitative estimate of drug-likeness (QED) is 0.800. The second kappa shape index (κ2) is 4.19. The summed E-state index contributed by atoms with van der Waals surface area (Å²) in [5.74, 6) is 1.85. The molecule has 0 bridgehead atoms. The van der Waals surface area contributed by atoms with Gasteiger partial charge in [-0.15, -0.1) is 0 Å². The number of aliphatic hydroxyl groups is 1. The first-order chi connectivity index (χ1) is 7.20. The fraction of sp³-hybridized carbons (Fsp3) is 0.583. The number of hydrogen-bond acceptors (Lipinski definition) is 3. The van der Waals surface area contributed by atoms with Gasteiger partial charge in [0.2, 0.25) is 0 Å². The standard InChI is InChI=1S/C12H18N2O/c1-9-3-4-14(7-9)12-10(2)5-11(8-15)6-13-12/h5-6,9,15H,3-4,7-8H2,1-2H3. The second-order valence-electron chi connectivity index (χ2n) is 4.48. The summed E-state index contributed by atoms with van der Waals surface area (Å²) in [7, 11) is 0. The van der Waals surface area contributed by atoms with Gasteiger partial charge in [0.25, 0.3) is 0 Å². The zero-order valence-electron chi connectivity index (χ0n) is 9.40. The van der Waals surface area contributed by atoms with E-state index in [-0.39, 0.29) is 6.61 Å². The van der Waals surface area contributed by atoms with Crippen LogP contribution in [0.1, 0.15) is 24.5 Å². The predicted octanol–water partition coefficient (Wildman–Crippen LogP) is 1.73. The van der Waals surface area contributed by atoms with Gasteiger partial charge in [0.05, 0.1) is 6.61 Å². The highest BCUT2D eigenvalue weighted by atomic mass is 16.3. The summed E-state index contributed by atoms with van der Waals surface area (Å²) in [5.41, 5.74) is 2.05. The molecule has 2 heterocycles. The topological polar surface area (TPSA) is 36.4 Å². The van der Waals surface area contributed by atoms with E-state index in [1.807, 2.05) is 6.07 Å². The van der Waals surface area contributed by atoms with Crippen LogP contribution < -0.4 is 4.90 Å². The van der Waals surface area contributed by atoms with E-state index in [9.17, 15) is 0 Å². The molecular weight excluding hydrogens is 188 g/mol. The van der Waals surface area contributed by atoms with E-state index in [1.54, 1.807) is 6.20 Å². The van der Waals surface area contributed by atoms with Gasteiger partial charge in [-0.2, -0.15) is 0 Å². The second-order valence-corrected chi connectivity index (χ2v) is 4.48. The molecule has 0 radical (unpaired) electrons. The fourth-order valence-electron chi connectivity index (χ4n) is 2.17. The minimum Gasteiger partial charge on any atom is -0.392 e. The molecule has 0 spiro atoms. The lowest BCUT2D eigenvalue weighted by Crippen LogP contribution is -2.21. The summed E-state index contributed by atoms with van der Waals surface area (Å²) in [6, 6.07) is 2.02. The lowest BCUT2D eigenvalue weighted by molar-refractivity contribution is 0.281. The summed E-state index contributed by atoms with van der Waals surface area (Å²) in [4.78, 5) is 6.77. The fourth-order valence-corrected chi connectivity index (χ4v) is 2.17. The van der Waals surface area contributed by atoms with E-state index >= 15 is 0 Å². The van der Waals surface area contributed by atoms with Gasteiger partial charge >= 0.3 is 0 Å². The van der Waals surface area contributed by atoms with Gasteiger partial charge in [-0.3, -0.25) is 0 Å². The molecule has 0 saturated carbocycles. The van der Waals surface area contributed by atoms with Gasteiger partial charge in [0, 0.05) is 19.3 Å². The first kappa shape index (κ1) is 10.4. The van der Waals surface area contributed by atoms with Crippen molar-refractivity contribution in [2.24, 2.45) is 5.92 Å². The molecule has 1 atom stereocenters. The minimum atomic E-state index is 0.0739.